The van der Waals surface area contributed by atoms with Crippen molar-refractivity contribution in [3.8, 4) is 0 Å². The number of pyridine rings is 1. The number of thiophene rings is 1. The third-order valence-corrected chi connectivity index (χ3v) is 6.26. The third kappa shape index (κ3) is 4.14. The van der Waals surface area contributed by atoms with Crippen LogP contribution in [-0.2, 0) is 22.5 Å². The molecule has 0 unspecified atom stereocenters. The van der Waals surface area contributed by atoms with Gasteiger partial charge in [0.25, 0.3) is 0 Å². The van der Waals surface area contributed by atoms with E-state index >= 15 is 0 Å². The Morgan fingerprint density at radius 2 is 2.27 bits per heavy atom. The Morgan fingerprint density at radius 3 is 3.08 bits per heavy atom. The number of carbonyl (C=O) groups excluding carboxylic acids is 1. The third-order valence-electron chi connectivity index (χ3n) is 5.38. The molecule has 2 fully saturated rings. The number of ether oxygens (including phenoxy) is 1. The fourth-order valence-corrected chi connectivity index (χ4v) is 4.77. The van der Waals surface area contributed by atoms with E-state index in [-0.39, 0.29) is 5.91 Å². The summed E-state index contributed by atoms with van der Waals surface area (Å²) in [7, 11) is 0. The van der Waals surface area contributed by atoms with Gasteiger partial charge in [-0.2, -0.15) is 0 Å². The zero-order valence-electron chi connectivity index (χ0n) is 14.9. The second-order valence-corrected chi connectivity index (χ2v) is 8.15. The number of piperidine rings is 1. The van der Waals surface area contributed by atoms with Gasteiger partial charge in [-0.25, -0.2) is 0 Å². The summed E-state index contributed by atoms with van der Waals surface area (Å²) in [5, 5.41) is 2.03. The first kappa shape index (κ1) is 17.6. The van der Waals surface area contributed by atoms with Crippen molar-refractivity contribution in [3.05, 3.63) is 52.5 Å². The normalized spacial score (nSPS) is 24.1. The van der Waals surface area contributed by atoms with Crippen LogP contribution in [0.2, 0.25) is 0 Å². The van der Waals surface area contributed by atoms with Crippen LogP contribution in [0.15, 0.2) is 42.0 Å². The van der Waals surface area contributed by atoms with E-state index in [1.54, 1.807) is 11.3 Å². The molecule has 0 N–H and O–H groups in total. The Balaban J connectivity index is 1.40. The highest BCUT2D eigenvalue weighted by Gasteiger charge is 2.36. The number of hydrogen-bond donors (Lipinski definition) is 0. The summed E-state index contributed by atoms with van der Waals surface area (Å²) in [4.78, 5) is 22.6. The maximum atomic E-state index is 12.7. The molecule has 0 radical (unpaired) electrons. The van der Waals surface area contributed by atoms with Crippen molar-refractivity contribution in [1.82, 2.24) is 14.8 Å². The Kier molecular flexibility index (Phi) is 5.62. The molecular weight excluding hydrogens is 346 g/mol. The highest BCUT2D eigenvalue weighted by molar-refractivity contribution is 7.10. The lowest BCUT2D eigenvalue weighted by atomic mass is 9.91. The van der Waals surface area contributed by atoms with Crippen molar-refractivity contribution >= 4 is 17.2 Å². The maximum absolute atomic E-state index is 12.7. The van der Waals surface area contributed by atoms with Gasteiger partial charge in [-0.05, 0) is 29.5 Å². The quantitative estimate of drug-likeness (QED) is 0.828. The van der Waals surface area contributed by atoms with E-state index in [9.17, 15) is 4.79 Å². The zero-order chi connectivity index (χ0) is 17.8. The molecule has 0 bridgehead atoms. The highest BCUT2D eigenvalue weighted by Crippen LogP contribution is 2.27. The van der Waals surface area contributed by atoms with Crippen LogP contribution in [0.4, 0.5) is 0 Å². The van der Waals surface area contributed by atoms with E-state index < -0.39 is 0 Å². The van der Waals surface area contributed by atoms with Gasteiger partial charge in [-0.3, -0.25) is 14.7 Å². The topological polar surface area (TPSA) is 45.7 Å². The summed E-state index contributed by atoms with van der Waals surface area (Å²) in [5.74, 6) is 0.629. The van der Waals surface area contributed by atoms with Gasteiger partial charge in [0.15, 0.2) is 0 Å². The Morgan fingerprint density at radius 1 is 1.31 bits per heavy atom. The minimum Gasteiger partial charge on any atom is -0.380 e. The molecule has 0 aromatic carbocycles. The molecule has 0 aliphatic carbocycles. The predicted octanol–water partition coefficient (Wildman–Crippen LogP) is 2.44. The van der Waals surface area contributed by atoms with Crippen LogP contribution in [-0.4, -0.2) is 59.6 Å². The fourth-order valence-electron chi connectivity index (χ4n) is 4.07. The van der Waals surface area contributed by atoms with Crippen LogP contribution >= 0.6 is 11.3 Å². The smallest absolute Gasteiger partial charge is 0.227 e. The summed E-state index contributed by atoms with van der Waals surface area (Å²) < 4.78 is 5.87. The lowest BCUT2D eigenvalue weighted by Crippen LogP contribution is -2.52. The van der Waals surface area contributed by atoms with Gasteiger partial charge < -0.3 is 9.64 Å². The molecule has 2 aromatic heterocycles. The first-order valence-corrected chi connectivity index (χ1v) is 10.2. The van der Waals surface area contributed by atoms with Crippen LogP contribution in [0.3, 0.4) is 0 Å². The predicted molar refractivity (Wildman–Crippen MR) is 102 cm³/mol. The number of hydrogen-bond acceptors (Lipinski definition) is 5. The molecule has 1 amide bonds. The van der Waals surface area contributed by atoms with E-state index in [1.165, 1.54) is 5.56 Å². The number of rotatable bonds is 4. The largest absolute Gasteiger partial charge is 0.380 e. The summed E-state index contributed by atoms with van der Waals surface area (Å²) in [6.07, 6.45) is 5.30. The molecule has 2 atom stereocenters. The van der Waals surface area contributed by atoms with E-state index in [0.717, 1.165) is 50.7 Å². The van der Waals surface area contributed by atoms with Crippen molar-refractivity contribution < 1.29 is 9.53 Å². The van der Waals surface area contributed by atoms with E-state index in [1.807, 2.05) is 40.9 Å². The molecule has 4 heterocycles. The Hall–Kier alpha value is -1.76. The van der Waals surface area contributed by atoms with E-state index in [2.05, 4.69) is 16.0 Å². The van der Waals surface area contributed by atoms with Crippen LogP contribution in [0.5, 0.6) is 0 Å². The standard InChI is InChI=1S/C20H25N3O2S/c24-20(11-18-4-2-10-26-18)23-7-5-19-17(14-23)15-25-9-8-22(19)13-16-3-1-6-21-12-16/h1-4,6,10,12,17,19H,5,7-9,11,13-15H2/t17-,19-/m1/s1. The van der Waals surface area contributed by atoms with E-state index in [0.29, 0.717) is 18.4 Å². The second kappa shape index (κ2) is 8.29. The molecule has 0 saturated carbocycles. The van der Waals surface area contributed by atoms with Crippen molar-refractivity contribution in [1.29, 1.82) is 0 Å². The van der Waals surface area contributed by atoms with Gasteiger partial charge in [0.1, 0.15) is 0 Å². The Bertz CT molecular complexity index is 707. The molecule has 6 heteroatoms. The first-order valence-electron chi connectivity index (χ1n) is 9.30. The number of fused-ring (bicyclic) bond motifs is 1. The van der Waals surface area contributed by atoms with Crippen molar-refractivity contribution in [3.63, 3.8) is 0 Å². The van der Waals surface area contributed by atoms with E-state index in [4.69, 9.17) is 4.74 Å². The molecular formula is C20H25N3O2S. The average molecular weight is 372 g/mol. The Labute approximate surface area is 158 Å². The number of likely N-dealkylation sites (tertiary alicyclic amines) is 1. The summed E-state index contributed by atoms with van der Waals surface area (Å²) in [6, 6.07) is 8.65. The lowest BCUT2D eigenvalue weighted by Gasteiger charge is -2.42. The van der Waals surface area contributed by atoms with Gasteiger partial charge in [0.05, 0.1) is 19.6 Å². The molecule has 5 nitrogen and oxygen atoms in total. The molecule has 2 aliphatic rings. The molecule has 2 saturated heterocycles. The van der Waals surface area contributed by atoms with Crippen LogP contribution < -0.4 is 0 Å². The molecule has 2 aliphatic heterocycles. The zero-order valence-corrected chi connectivity index (χ0v) is 15.7. The van der Waals surface area contributed by atoms with Crippen molar-refractivity contribution in [2.45, 2.75) is 25.4 Å². The minimum absolute atomic E-state index is 0.244. The van der Waals surface area contributed by atoms with Gasteiger partial charge in [-0.1, -0.05) is 12.1 Å². The first-order chi connectivity index (χ1) is 12.8. The molecule has 2 aromatic rings. The van der Waals surface area contributed by atoms with Gasteiger partial charge in [-0.15, -0.1) is 11.3 Å². The summed E-state index contributed by atoms with van der Waals surface area (Å²) in [6.45, 7) is 5.00. The minimum atomic E-state index is 0.244. The highest BCUT2D eigenvalue weighted by atomic mass is 32.1. The van der Waals surface area contributed by atoms with Gasteiger partial charge >= 0.3 is 0 Å². The van der Waals surface area contributed by atoms with Crippen molar-refractivity contribution in [2.24, 2.45) is 5.92 Å². The number of aromatic nitrogens is 1. The average Bonchev–Trinajstić information content (AvgIpc) is 3.10. The second-order valence-electron chi connectivity index (χ2n) is 7.12. The molecule has 26 heavy (non-hydrogen) atoms. The van der Waals surface area contributed by atoms with Crippen LogP contribution in [0, 0.1) is 5.92 Å². The summed E-state index contributed by atoms with van der Waals surface area (Å²) >= 11 is 1.66. The summed E-state index contributed by atoms with van der Waals surface area (Å²) in [5.41, 5.74) is 1.24. The van der Waals surface area contributed by atoms with Crippen LogP contribution in [0.1, 0.15) is 16.9 Å². The van der Waals surface area contributed by atoms with Gasteiger partial charge in [0.2, 0.25) is 5.91 Å². The number of amides is 1. The SMILES string of the molecule is O=C(Cc1cccs1)N1CC[C@@H]2[C@@H](COCCN2Cc2cccnc2)C1. The van der Waals surface area contributed by atoms with Crippen molar-refractivity contribution in [2.75, 3.05) is 32.8 Å². The molecule has 0 spiro atoms. The molecule has 4 rings (SSSR count). The van der Waals surface area contributed by atoms with Gasteiger partial charge in [0, 0.05) is 55.4 Å². The fraction of sp³-hybridized carbons (Fsp3) is 0.500. The molecule has 138 valence electrons. The monoisotopic (exact) mass is 371 g/mol. The van der Waals surface area contributed by atoms with Crippen LogP contribution in [0.25, 0.3) is 0 Å². The number of carbonyl (C=O) groups is 1. The lowest BCUT2D eigenvalue weighted by molar-refractivity contribution is -0.133. The number of nitrogens with zero attached hydrogens (tertiary/aromatic N) is 3. The maximum Gasteiger partial charge on any atom is 0.227 e.